The van der Waals surface area contributed by atoms with Gasteiger partial charge in [0.15, 0.2) is 0 Å². The molecule has 0 saturated carbocycles. The van der Waals surface area contributed by atoms with E-state index in [0.29, 0.717) is 11.1 Å². The Labute approximate surface area is 174 Å². The fourth-order valence-electron chi connectivity index (χ4n) is 2.57. The normalized spacial score (nSPS) is 10.8. The van der Waals surface area contributed by atoms with Crippen molar-refractivity contribution in [2.45, 2.75) is 33.1 Å². The summed E-state index contributed by atoms with van der Waals surface area (Å²) >= 11 is 0. The van der Waals surface area contributed by atoms with Gasteiger partial charge in [-0.3, -0.25) is 35.3 Å². The number of nitrogens with one attached hydrogen (secondary N) is 3. The van der Waals surface area contributed by atoms with E-state index in [2.05, 4.69) is 36.9 Å². The van der Waals surface area contributed by atoms with Gasteiger partial charge in [-0.25, -0.2) is 0 Å². The van der Waals surface area contributed by atoms with Crippen molar-refractivity contribution in [3.05, 3.63) is 74.8 Å². The van der Waals surface area contributed by atoms with E-state index in [1.807, 2.05) is 12.1 Å². The molecule has 0 heterocycles. The van der Waals surface area contributed by atoms with Crippen molar-refractivity contribution in [2.24, 2.45) is 0 Å². The smallest absolute Gasteiger partial charge is 0.273 e. The third-order valence-corrected chi connectivity index (χ3v) is 4.41. The van der Waals surface area contributed by atoms with Gasteiger partial charge in [0, 0.05) is 22.8 Å². The highest BCUT2D eigenvalue weighted by Gasteiger charge is 2.16. The molecule has 0 bridgehead atoms. The summed E-state index contributed by atoms with van der Waals surface area (Å²) in [4.78, 5) is 46.5. The number of hydrazine groups is 1. The second kappa shape index (κ2) is 9.17. The topological polar surface area (TPSA) is 130 Å². The molecule has 3 N–H and O–H groups in total. The first-order valence-corrected chi connectivity index (χ1v) is 9.22. The van der Waals surface area contributed by atoms with Crippen LogP contribution < -0.4 is 16.2 Å². The number of aryl methyl sites for hydroxylation is 1. The van der Waals surface area contributed by atoms with Crippen molar-refractivity contribution in [1.82, 2.24) is 16.2 Å². The molecule has 0 fully saturated rings. The largest absolute Gasteiger partial charge is 0.343 e. The predicted molar refractivity (Wildman–Crippen MR) is 111 cm³/mol. The summed E-state index contributed by atoms with van der Waals surface area (Å²) < 4.78 is 0. The molecule has 0 atom stereocenters. The number of nitro groups is 1. The van der Waals surface area contributed by atoms with Crippen LogP contribution in [0.1, 0.15) is 52.6 Å². The number of benzene rings is 2. The number of hydrogen-bond acceptors (Lipinski definition) is 5. The highest BCUT2D eigenvalue weighted by molar-refractivity contribution is 5.98. The molecule has 0 saturated heterocycles. The molecular formula is C21H24N4O5. The minimum atomic E-state index is -0.648. The van der Waals surface area contributed by atoms with E-state index >= 15 is 0 Å². The number of rotatable bonds is 5. The lowest BCUT2D eigenvalue weighted by molar-refractivity contribution is -0.385. The first-order chi connectivity index (χ1) is 14.0. The highest BCUT2D eigenvalue weighted by atomic mass is 16.6. The molecule has 30 heavy (non-hydrogen) atoms. The molecule has 0 unspecified atom stereocenters. The molecule has 2 rings (SSSR count). The number of hydrogen-bond donors (Lipinski definition) is 3. The molecule has 158 valence electrons. The van der Waals surface area contributed by atoms with E-state index in [9.17, 15) is 24.5 Å². The van der Waals surface area contributed by atoms with E-state index in [-0.39, 0.29) is 16.7 Å². The van der Waals surface area contributed by atoms with Crippen LogP contribution in [0.5, 0.6) is 0 Å². The Morgan fingerprint density at radius 2 is 1.53 bits per heavy atom. The van der Waals surface area contributed by atoms with Crippen LogP contribution in [0.25, 0.3) is 0 Å². The fourth-order valence-corrected chi connectivity index (χ4v) is 2.57. The average Bonchev–Trinajstić information content (AvgIpc) is 2.69. The van der Waals surface area contributed by atoms with E-state index < -0.39 is 29.2 Å². The number of amides is 3. The van der Waals surface area contributed by atoms with Crippen LogP contribution in [0, 0.1) is 17.0 Å². The number of nitrogens with zero attached hydrogens (tertiary/aromatic N) is 1. The average molecular weight is 412 g/mol. The fraction of sp³-hybridized carbons (Fsp3) is 0.286. The molecule has 9 nitrogen and oxygen atoms in total. The van der Waals surface area contributed by atoms with E-state index in [4.69, 9.17) is 0 Å². The zero-order valence-corrected chi connectivity index (χ0v) is 17.2. The van der Waals surface area contributed by atoms with Gasteiger partial charge in [0.2, 0.25) is 0 Å². The Hall–Kier alpha value is -3.75. The van der Waals surface area contributed by atoms with Gasteiger partial charge in [-0.1, -0.05) is 39.0 Å². The first-order valence-electron chi connectivity index (χ1n) is 9.22. The lowest BCUT2D eigenvalue weighted by atomic mass is 9.87. The van der Waals surface area contributed by atoms with Crippen LogP contribution in [0.2, 0.25) is 0 Å². The van der Waals surface area contributed by atoms with Crippen molar-refractivity contribution in [1.29, 1.82) is 0 Å². The zero-order valence-electron chi connectivity index (χ0n) is 17.2. The number of nitro benzene ring substituents is 1. The third-order valence-electron chi connectivity index (χ3n) is 4.41. The molecule has 0 radical (unpaired) electrons. The summed E-state index contributed by atoms with van der Waals surface area (Å²) in [6.07, 6.45) is 0. The maximum absolute atomic E-state index is 12.1. The summed E-state index contributed by atoms with van der Waals surface area (Å²) in [7, 11) is 0. The molecule has 0 aliphatic rings. The van der Waals surface area contributed by atoms with Crippen LogP contribution in [-0.4, -0.2) is 29.2 Å². The Kier molecular flexibility index (Phi) is 6.89. The Morgan fingerprint density at radius 3 is 2.10 bits per heavy atom. The van der Waals surface area contributed by atoms with Gasteiger partial charge in [0.1, 0.15) is 0 Å². The molecular weight excluding hydrogens is 388 g/mol. The Morgan fingerprint density at radius 1 is 0.933 bits per heavy atom. The molecule has 0 aromatic heterocycles. The second-order valence-electron chi connectivity index (χ2n) is 7.77. The highest BCUT2D eigenvalue weighted by Crippen LogP contribution is 2.22. The van der Waals surface area contributed by atoms with Crippen molar-refractivity contribution < 1.29 is 19.3 Å². The Balaban J connectivity index is 1.86. The van der Waals surface area contributed by atoms with Gasteiger partial charge >= 0.3 is 0 Å². The maximum Gasteiger partial charge on any atom is 0.273 e. The van der Waals surface area contributed by atoms with E-state index in [1.54, 1.807) is 19.1 Å². The lowest BCUT2D eigenvalue weighted by Crippen LogP contribution is -2.46. The van der Waals surface area contributed by atoms with Crippen molar-refractivity contribution in [3.8, 4) is 0 Å². The number of carbonyl (C=O) groups excluding carboxylic acids is 3. The molecule has 0 aliphatic carbocycles. The second-order valence-corrected chi connectivity index (χ2v) is 7.77. The minimum absolute atomic E-state index is 0.0424. The zero-order chi connectivity index (χ0) is 22.5. The Bertz CT molecular complexity index is 978. The summed E-state index contributed by atoms with van der Waals surface area (Å²) in [5, 5.41) is 13.3. The van der Waals surface area contributed by atoms with Gasteiger partial charge in [-0.2, -0.15) is 0 Å². The van der Waals surface area contributed by atoms with Crippen LogP contribution in [0.3, 0.4) is 0 Å². The number of carbonyl (C=O) groups is 3. The van der Waals surface area contributed by atoms with Crippen molar-refractivity contribution in [3.63, 3.8) is 0 Å². The van der Waals surface area contributed by atoms with Crippen LogP contribution in [0.15, 0.2) is 42.5 Å². The summed E-state index contributed by atoms with van der Waals surface area (Å²) in [6.45, 7) is 7.33. The first kappa shape index (κ1) is 22.5. The van der Waals surface area contributed by atoms with Crippen molar-refractivity contribution >= 4 is 23.4 Å². The van der Waals surface area contributed by atoms with E-state index in [0.717, 1.165) is 11.6 Å². The summed E-state index contributed by atoms with van der Waals surface area (Å²) in [6, 6.07) is 11.0. The van der Waals surface area contributed by atoms with Gasteiger partial charge in [0.25, 0.3) is 23.4 Å². The monoisotopic (exact) mass is 412 g/mol. The standard InChI is InChI=1S/C21H24N4O5/c1-13-5-6-15(11-17(13)25(29)30)19(27)22-12-18(26)23-24-20(28)14-7-9-16(10-8-14)21(2,3)4/h5-11H,12H2,1-4H3,(H,22,27)(H,23,26)(H,24,28). The molecule has 2 aromatic carbocycles. The van der Waals surface area contributed by atoms with Gasteiger partial charge in [-0.15, -0.1) is 0 Å². The minimum Gasteiger partial charge on any atom is -0.343 e. The van der Waals surface area contributed by atoms with Gasteiger partial charge < -0.3 is 5.32 Å². The van der Waals surface area contributed by atoms with Crippen LogP contribution in [0.4, 0.5) is 5.69 Å². The molecule has 0 spiro atoms. The van der Waals surface area contributed by atoms with Crippen molar-refractivity contribution in [2.75, 3.05) is 6.54 Å². The van der Waals surface area contributed by atoms with Gasteiger partial charge in [-0.05, 0) is 36.1 Å². The summed E-state index contributed by atoms with van der Waals surface area (Å²) in [5.74, 6) is -1.79. The quantitative estimate of drug-likeness (QED) is 0.513. The molecule has 9 heteroatoms. The lowest BCUT2D eigenvalue weighted by Gasteiger charge is -2.19. The van der Waals surface area contributed by atoms with Gasteiger partial charge in [0.05, 0.1) is 11.5 Å². The predicted octanol–water partition coefficient (Wildman–Crippen LogP) is 2.39. The third kappa shape index (κ3) is 5.87. The van der Waals surface area contributed by atoms with E-state index in [1.165, 1.54) is 12.1 Å². The SMILES string of the molecule is Cc1ccc(C(=O)NCC(=O)NNC(=O)c2ccc(C(C)(C)C)cc2)cc1[N+](=O)[O-]. The molecule has 3 amide bonds. The summed E-state index contributed by atoms with van der Waals surface area (Å²) in [5.41, 5.74) is 6.18. The van der Waals surface area contributed by atoms with Crippen LogP contribution >= 0.6 is 0 Å². The van der Waals surface area contributed by atoms with Crippen LogP contribution in [-0.2, 0) is 10.2 Å². The maximum atomic E-state index is 12.1. The molecule has 2 aromatic rings. The molecule has 0 aliphatic heterocycles.